The molecule has 0 spiro atoms. The Balaban J connectivity index is 1.63. The van der Waals surface area contributed by atoms with Crippen LogP contribution in [0.3, 0.4) is 0 Å². The van der Waals surface area contributed by atoms with Crippen LogP contribution < -0.4 is 15.6 Å². The first kappa shape index (κ1) is 24.0. The van der Waals surface area contributed by atoms with Crippen molar-refractivity contribution in [1.29, 1.82) is 0 Å². The van der Waals surface area contributed by atoms with Crippen molar-refractivity contribution in [2.45, 2.75) is 69.4 Å². The zero-order valence-corrected chi connectivity index (χ0v) is 21.3. The number of aryl methyl sites for hydroxylation is 2. The molecule has 3 N–H and O–H groups in total. The number of benzene rings is 1. The summed E-state index contributed by atoms with van der Waals surface area (Å²) in [4.78, 5) is 18.4. The number of likely N-dealkylation sites (tertiary alicyclic amines) is 1. The number of hydrogen-bond donors (Lipinski definition) is 3. The minimum absolute atomic E-state index is 0.0719. The molecule has 10 heteroatoms. The maximum atomic E-state index is 13.6. The number of aromatic nitrogens is 2. The predicted octanol–water partition coefficient (Wildman–Crippen LogP) is 3.53. The molecule has 1 saturated heterocycles. The van der Waals surface area contributed by atoms with E-state index in [9.17, 15) is 13.2 Å². The average molecular weight is 500 g/mol. The van der Waals surface area contributed by atoms with E-state index in [1.165, 1.54) is 0 Å². The van der Waals surface area contributed by atoms with Gasteiger partial charge in [-0.25, -0.2) is 13.1 Å². The first-order valence-electron chi connectivity index (χ1n) is 12.3. The second kappa shape index (κ2) is 9.40. The summed E-state index contributed by atoms with van der Waals surface area (Å²) in [6, 6.07) is 5.26. The molecule has 188 valence electrons. The third-order valence-corrected chi connectivity index (χ3v) is 8.85. The van der Waals surface area contributed by atoms with Gasteiger partial charge in [-0.05, 0) is 83.4 Å². The van der Waals surface area contributed by atoms with Gasteiger partial charge in [0, 0.05) is 23.0 Å². The molecule has 5 rings (SSSR count). The van der Waals surface area contributed by atoms with Crippen molar-refractivity contribution in [2.24, 2.45) is 0 Å². The van der Waals surface area contributed by atoms with E-state index in [4.69, 9.17) is 4.52 Å². The smallest absolute Gasteiger partial charge is 0.271 e. The lowest BCUT2D eigenvalue weighted by molar-refractivity contribution is 0.264. The molecular weight excluding hydrogens is 466 g/mol. The number of fused-ring (bicyclic) bond motifs is 1. The number of piperidine rings is 1. The highest BCUT2D eigenvalue weighted by atomic mass is 32.2. The Labute approximate surface area is 205 Å². The van der Waals surface area contributed by atoms with E-state index in [0.29, 0.717) is 33.6 Å². The van der Waals surface area contributed by atoms with E-state index in [-0.39, 0.29) is 22.5 Å². The minimum atomic E-state index is -3.84. The molecular formula is C25H33N5O4S. The van der Waals surface area contributed by atoms with Crippen molar-refractivity contribution in [3.63, 3.8) is 0 Å². The highest BCUT2D eigenvalue weighted by Crippen LogP contribution is 2.34. The molecule has 0 unspecified atom stereocenters. The van der Waals surface area contributed by atoms with E-state index in [2.05, 4.69) is 32.1 Å². The fourth-order valence-corrected chi connectivity index (χ4v) is 6.89. The number of nitrogens with zero attached hydrogens (tertiary/aromatic N) is 2. The normalized spacial score (nSPS) is 18.5. The lowest BCUT2D eigenvalue weighted by atomic mass is 10.0. The van der Waals surface area contributed by atoms with Gasteiger partial charge < -0.3 is 19.7 Å². The minimum Gasteiger partial charge on any atom is -0.378 e. The summed E-state index contributed by atoms with van der Waals surface area (Å²) in [7, 11) is -1.75. The molecule has 0 radical (unpaired) electrons. The standard InChI is InChI=1S/C25H33N5O4S/c1-15-24(16(2)34-28-15)17-12-21-20(23(13-17)35(32,33)29-19-6-4-5-7-19)14-22(25(31)27-21)26-18-8-10-30(3)11-9-18/h12-14,18-19,26,29H,4-11H2,1-3H3,(H,27,31). The SMILES string of the molecule is Cc1noc(C)c1-c1cc(S(=O)(=O)NC2CCCC2)c2cc(NC3CCN(C)CC3)c(=O)[nH]c2c1. The zero-order chi connectivity index (χ0) is 24.7. The number of rotatable bonds is 6. The van der Waals surface area contributed by atoms with Gasteiger partial charge in [-0.15, -0.1) is 0 Å². The number of sulfonamides is 1. The van der Waals surface area contributed by atoms with Gasteiger partial charge in [-0.3, -0.25) is 4.79 Å². The fourth-order valence-electron chi connectivity index (χ4n) is 5.35. The van der Waals surface area contributed by atoms with Crippen molar-refractivity contribution >= 4 is 26.6 Å². The molecule has 9 nitrogen and oxygen atoms in total. The van der Waals surface area contributed by atoms with Gasteiger partial charge in [-0.2, -0.15) is 0 Å². The summed E-state index contributed by atoms with van der Waals surface area (Å²) >= 11 is 0. The second-order valence-corrected chi connectivity index (χ2v) is 11.7. The van der Waals surface area contributed by atoms with Gasteiger partial charge in [0.25, 0.3) is 5.56 Å². The molecule has 2 aliphatic rings. The lowest BCUT2D eigenvalue weighted by Crippen LogP contribution is -2.37. The van der Waals surface area contributed by atoms with Crippen molar-refractivity contribution < 1.29 is 12.9 Å². The van der Waals surface area contributed by atoms with Crippen LogP contribution in [0.2, 0.25) is 0 Å². The van der Waals surface area contributed by atoms with Crippen LogP contribution in [0.25, 0.3) is 22.0 Å². The topological polar surface area (TPSA) is 120 Å². The van der Waals surface area contributed by atoms with Gasteiger partial charge in [0.1, 0.15) is 11.4 Å². The summed E-state index contributed by atoms with van der Waals surface area (Å²) in [5.41, 5.74) is 2.64. The molecule has 3 aromatic rings. The molecule has 1 aliphatic heterocycles. The molecule has 1 aromatic carbocycles. The summed E-state index contributed by atoms with van der Waals surface area (Å²) in [6.07, 6.45) is 5.55. The summed E-state index contributed by atoms with van der Waals surface area (Å²) in [6.45, 7) is 5.52. The van der Waals surface area contributed by atoms with Crippen LogP contribution in [-0.2, 0) is 10.0 Å². The average Bonchev–Trinajstić information content (AvgIpc) is 3.43. The van der Waals surface area contributed by atoms with Crippen LogP contribution in [0.1, 0.15) is 50.0 Å². The van der Waals surface area contributed by atoms with Gasteiger partial charge >= 0.3 is 0 Å². The van der Waals surface area contributed by atoms with Gasteiger partial charge in [-0.1, -0.05) is 18.0 Å². The highest BCUT2D eigenvalue weighted by Gasteiger charge is 2.27. The van der Waals surface area contributed by atoms with E-state index >= 15 is 0 Å². The van der Waals surface area contributed by atoms with Crippen LogP contribution >= 0.6 is 0 Å². The monoisotopic (exact) mass is 499 g/mol. The third kappa shape index (κ3) is 4.87. The van der Waals surface area contributed by atoms with Crippen LogP contribution in [0.15, 0.2) is 32.4 Å². The van der Waals surface area contributed by atoms with E-state index in [1.807, 2.05) is 6.92 Å². The number of hydrogen-bond acceptors (Lipinski definition) is 7. The summed E-state index contributed by atoms with van der Waals surface area (Å²) in [5, 5.41) is 7.87. The summed E-state index contributed by atoms with van der Waals surface area (Å²) in [5.74, 6) is 0.594. The molecule has 1 aliphatic carbocycles. The van der Waals surface area contributed by atoms with Crippen LogP contribution in [0.5, 0.6) is 0 Å². The molecule has 35 heavy (non-hydrogen) atoms. The van der Waals surface area contributed by atoms with Gasteiger partial charge in [0.15, 0.2) is 0 Å². The van der Waals surface area contributed by atoms with Crippen molar-refractivity contribution in [3.8, 4) is 11.1 Å². The quantitative estimate of drug-likeness (QED) is 0.474. The predicted molar refractivity (Wildman–Crippen MR) is 136 cm³/mol. The van der Waals surface area contributed by atoms with Crippen LogP contribution in [-0.4, -0.2) is 55.7 Å². The third-order valence-electron chi connectivity index (χ3n) is 7.29. The molecule has 3 heterocycles. The van der Waals surface area contributed by atoms with Crippen molar-refractivity contribution in [3.05, 3.63) is 40.0 Å². The number of anilines is 1. The second-order valence-electron chi connectivity index (χ2n) is 9.97. The molecule has 1 saturated carbocycles. The Morgan fingerprint density at radius 3 is 2.43 bits per heavy atom. The largest absolute Gasteiger partial charge is 0.378 e. The highest BCUT2D eigenvalue weighted by molar-refractivity contribution is 7.89. The number of H-pyrrole nitrogens is 1. The Kier molecular flexibility index (Phi) is 6.45. The number of aromatic amines is 1. The lowest BCUT2D eigenvalue weighted by Gasteiger charge is -2.30. The zero-order valence-electron chi connectivity index (χ0n) is 20.5. The van der Waals surface area contributed by atoms with Crippen LogP contribution in [0, 0.1) is 13.8 Å². The van der Waals surface area contributed by atoms with E-state index in [1.54, 1.807) is 25.1 Å². The van der Waals surface area contributed by atoms with E-state index < -0.39 is 10.0 Å². The van der Waals surface area contributed by atoms with Gasteiger partial charge in [0.2, 0.25) is 10.0 Å². The van der Waals surface area contributed by atoms with Crippen molar-refractivity contribution in [2.75, 3.05) is 25.5 Å². The molecule has 0 atom stereocenters. The van der Waals surface area contributed by atoms with E-state index in [0.717, 1.165) is 57.2 Å². The molecule has 0 bridgehead atoms. The first-order chi connectivity index (χ1) is 16.7. The van der Waals surface area contributed by atoms with Crippen molar-refractivity contribution in [1.82, 2.24) is 19.8 Å². The summed E-state index contributed by atoms with van der Waals surface area (Å²) < 4.78 is 35.5. The Morgan fingerprint density at radius 2 is 1.77 bits per heavy atom. The molecule has 2 aromatic heterocycles. The Bertz CT molecular complexity index is 1380. The number of pyridine rings is 1. The molecule has 2 fully saturated rings. The fraction of sp³-hybridized carbons (Fsp3) is 0.520. The Morgan fingerprint density at radius 1 is 1.06 bits per heavy atom. The molecule has 0 amide bonds. The van der Waals surface area contributed by atoms with Gasteiger partial charge in [0.05, 0.1) is 16.1 Å². The Hall–Kier alpha value is -2.69. The van der Waals surface area contributed by atoms with Crippen LogP contribution in [0.4, 0.5) is 5.69 Å². The first-order valence-corrected chi connectivity index (χ1v) is 13.8. The maximum absolute atomic E-state index is 13.6. The maximum Gasteiger partial charge on any atom is 0.271 e. The number of nitrogens with one attached hydrogen (secondary N) is 3.